The molecule has 0 bridgehead atoms. The number of rotatable bonds is 8. The van der Waals surface area contributed by atoms with Crippen LogP contribution < -0.4 is 0 Å². The highest BCUT2D eigenvalue weighted by atomic mass is 32.2. The van der Waals surface area contributed by atoms with E-state index in [0.29, 0.717) is 16.7 Å². The molecule has 12 heteroatoms. The second-order valence-corrected chi connectivity index (χ2v) is 11.2. The molecule has 0 radical (unpaired) electrons. The highest BCUT2D eigenvalue weighted by Gasteiger charge is 2.19. The van der Waals surface area contributed by atoms with E-state index >= 15 is 0 Å². The van der Waals surface area contributed by atoms with E-state index < -0.39 is 36.1 Å². The normalized spacial score (nSPS) is 12.8. The Morgan fingerprint density at radius 3 is 1.66 bits per heavy atom. The molecule has 0 aliphatic heterocycles. The molecule has 0 aliphatic carbocycles. The number of aryl methyl sites for hydroxylation is 1. The van der Waals surface area contributed by atoms with Crippen LogP contribution in [0.25, 0.3) is 0 Å². The Morgan fingerprint density at radius 1 is 0.724 bits per heavy atom. The first-order chi connectivity index (χ1) is 13.3. The van der Waals surface area contributed by atoms with Crippen molar-refractivity contribution >= 4 is 30.4 Å². The Hall–Kier alpha value is -1.83. The van der Waals surface area contributed by atoms with Crippen molar-refractivity contribution in [2.45, 2.75) is 28.9 Å². The molecule has 0 fully saturated rings. The fourth-order valence-electron chi connectivity index (χ4n) is 2.77. The maximum atomic E-state index is 12.1. The van der Waals surface area contributed by atoms with Crippen molar-refractivity contribution in [3.63, 3.8) is 0 Å². The van der Waals surface area contributed by atoms with Crippen molar-refractivity contribution in [3.8, 4) is 0 Å². The minimum atomic E-state index is -4.40. The van der Waals surface area contributed by atoms with Crippen molar-refractivity contribution < 1.29 is 38.2 Å². The van der Waals surface area contributed by atoms with Gasteiger partial charge in [0.25, 0.3) is 30.4 Å². The zero-order valence-electron chi connectivity index (χ0n) is 15.8. The van der Waals surface area contributed by atoms with Crippen molar-refractivity contribution in [2.75, 3.05) is 14.2 Å². The van der Waals surface area contributed by atoms with Gasteiger partial charge in [0.05, 0.1) is 24.0 Å². The highest BCUT2D eigenvalue weighted by Crippen LogP contribution is 2.23. The summed E-state index contributed by atoms with van der Waals surface area (Å²) in [6.45, 7) is 1.69. The van der Waals surface area contributed by atoms with E-state index in [-0.39, 0.29) is 21.8 Å². The van der Waals surface area contributed by atoms with Crippen LogP contribution in [0.1, 0.15) is 22.3 Å². The van der Waals surface area contributed by atoms with Gasteiger partial charge in [-0.1, -0.05) is 12.1 Å². The fraction of sp³-hybridized carbons (Fsp3) is 0.294. The summed E-state index contributed by atoms with van der Waals surface area (Å²) in [5.74, 6) is -0.788. The molecule has 0 unspecified atom stereocenters. The lowest BCUT2D eigenvalue weighted by molar-refractivity contribution is 0.396. The molecule has 0 saturated carbocycles. The largest absolute Gasteiger partial charge is 0.296 e. The predicted molar refractivity (Wildman–Crippen MR) is 104 cm³/mol. The van der Waals surface area contributed by atoms with Gasteiger partial charge in [-0.15, -0.1) is 0 Å². The number of hydrogen-bond donors (Lipinski definition) is 1. The summed E-state index contributed by atoms with van der Waals surface area (Å²) in [7, 11) is -10.5. The molecule has 0 atom stereocenters. The molecule has 9 nitrogen and oxygen atoms in total. The first-order valence-corrected chi connectivity index (χ1v) is 12.5. The minimum absolute atomic E-state index is 0.0398. The van der Waals surface area contributed by atoms with Crippen LogP contribution in [0.4, 0.5) is 0 Å². The van der Waals surface area contributed by atoms with E-state index in [1.165, 1.54) is 24.3 Å². The lowest BCUT2D eigenvalue weighted by Gasteiger charge is -2.11. The molecule has 0 aliphatic rings. The smallest absolute Gasteiger partial charge is 0.285 e. The van der Waals surface area contributed by atoms with Gasteiger partial charge in [0.1, 0.15) is 5.75 Å². The van der Waals surface area contributed by atoms with Gasteiger partial charge < -0.3 is 0 Å². The molecule has 2 rings (SSSR count). The molecule has 1 N–H and O–H groups in total. The maximum absolute atomic E-state index is 12.1. The molecule has 2 aromatic carbocycles. The summed E-state index contributed by atoms with van der Waals surface area (Å²) in [6.07, 6.45) is 0.0967. The lowest BCUT2D eigenvalue weighted by Crippen LogP contribution is -2.08. The zero-order valence-corrected chi connectivity index (χ0v) is 18.3. The minimum Gasteiger partial charge on any atom is -0.285 e. The Labute approximate surface area is 170 Å². The lowest BCUT2D eigenvalue weighted by atomic mass is 10.0. The third-order valence-electron chi connectivity index (χ3n) is 3.91. The molecule has 0 amide bonds. The van der Waals surface area contributed by atoms with E-state index in [4.69, 9.17) is 4.55 Å². The van der Waals surface area contributed by atoms with Crippen LogP contribution in [-0.2, 0) is 50.9 Å². The second kappa shape index (κ2) is 8.50. The molecular formula is C17H20O9S3. The van der Waals surface area contributed by atoms with Crippen LogP contribution in [0.2, 0.25) is 0 Å². The van der Waals surface area contributed by atoms with Crippen molar-refractivity contribution in [1.29, 1.82) is 0 Å². The summed E-state index contributed by atoms with van der Waals surface area (Å²) >= 11 is 0. The van der Waals surface area contributed by atoms with Crippen molar-refractivity contribution in [2.24, 2.45) is 0 Å². The van der Waals surface area contributed by atoms with Gasteiger partial charge in [0.15, 0.2) is 0 Å². The molecule has 160 valence electrons. The molecule has 0 saturated heterocycles. The van der Waals surface area contributed by atoms with Crippen molar-refractivity contribution in [3.05, 3.63) is 58.7 Å². The Kier molecular flexibility index (Phi) is 6.87. The summed E-state index contributed by atoms with van der Waals surface area (Å²) in [4.78, 5) is -0.345. The monoisotopic (exact) mass is 464 g/mol. The standard InChI is InChI=1S/C17H20O9S3/c1-12-4-13(8-16(5-12)28(21,22)25-2)6-14-7-15(11-27(18,19)20)10-17(9-14)29(23,24)26-3/h4-5,7-10H,6,11H2,1-3H3,(H,18,19,20). The van der Waals surface area contributed by atoms with Crippen LogP contribution in [0.3, 0.4) is 0 Å². The Balaban J connectivity index is 2.57. The number of benzene rings is 2. The van der Waals surface area contributed by atoms with Crippen LogP contribution in [0.15, 0.2) is 46.2 Å². The van der Waals surface area contributed by atoms with E-state index in [0.717, 1.165) is 20.3 Å². The summed E-state index contributed by atoms with van der Waals surface area (Å²) in [5.41, 5.74) is 1.59. The topological polar surface area (TPSA) is 141 Å². The van der Waals surface area contributed by atoms with Gasteiger partial charge in [-0.25, -0.2) is 0 Å². The second-order valence-electron chi connectivity index (χ2n) is 6.28. The first kappa shape index (κ1) is 23.4. The average Bonchev–Trinajstić information content (AvgIpc) is 2.59. The SMILES string of the molecule is COS(=O)(=O)c1cc(C)cc(Cc2cc(CS(=O)(=O)O)cc(S(=O)(=O)OC)c2)c1. The molecule has 2 aromatic rings. The van der Waals surface area contributed by atoms with Gasteiger partial charge in [0.2, 0.25) is 0 Å². The summed E-state index contributed by atoms with van der Waals surface area (Å²) in [5, 5.41) is 0. The van der Waals surface area contributed by atoms with E-state index in [1.807, 2.05) is 0 Å². The molecule has 0 spiro atoms. The highest BCUT2D eigenvalue weighted by molar-refractivity contribution is 7.87. The third-order valence-corrected chi connectivity index (χ3v) is 7.11. The predicted octanol–water partition coefficient (Wildman–Crippen LogP) is 1.64. The van der Waals surface area contributed by atoms with E-state index in [2.05, 4.69) is 8.37 Å². The molecule has 29 heavy (non-hydrogen) atoms. The molecule has 0 aromatic heterocycles. The third kappa shape index (κ3) is 6.32. The van der Waals surface area contributed by atoms with Crippen LogP contribution in [-0.4, -0.2) is 44.0 Å². The quantitative estimate of drug-likeness (QED) is 0.456. The van der Waals surface area contributed by atoms with Gasteiger partial charge in [-0.3, -0.25) is 12.9 Å². The molecule has 0 heterocycles. The summed E-state index contributed by atoms with van der Waals surface area (Å²) in [6, 6.07) is 8.31. The van der Waals surface area contributed by atoms with Crippen LogP contribution >= 0.6 is 0 Å². The van der Waals surface area contributed by atoms with Crippen molar-refractivity contribution in [1.82, 2.24) is 0 Å². The average molecular weight is 465 g/mol. The van der Waals surface area contributed by atoms with Gasteiger partial charge >= 0.3 is 0 Å². The maximum Gasteiger partial charge on any atom is 0.296 e. The Morgan fingerprint density at radius 2 is 1.17 bits per heavy atom. The first-order valence-electron chi connectivity index (χ1n) is 8.05. The Bertz CT molecular complexity index is 1230. The van der Waals surface area contributed by atoms with Gasteiger partial charge in [-0.2, -0.15) is 25.3 Å². The zero-order chi connectivity index (χ0) is 22.0. The van der Waals surface area contributed by atoms with Crippen LogP contribution in [0, 0.1) is 6.92 Å². The fourth-order valence-corrected chi connectivity index (χ4v) is 4.96. The van der Waals surface area contributed by atoms with E-state index in [9.17, 15) is 25.3 Å². The van der Waals surface area contributed by atoms with Gasteiger partial charge in [-0.05, 0) is 59.9 Å². The van der Waals surface area contributed by atoms with E-state index in [1.54, 1.807) is 13.0 Å². The number of hydrogen-bond acceptors (Lipinski definition) is 8. The van der Waals surface area contributed by atoms with Gasteiger partial charge in [0, 0.05) is 0 Å². The summed E-state index contributed by atoms with van der Waals surface area (Å²) < 4.78 is 88.7. The van der Waals surface area contributed by atoms with Crippen LogP contribution in [0.5, 0.6) is 0 Å². The molecular weight excluding hydrogens is 444 g/mol.